The molecule has 0 aliphatic rings. The fourth-order valence-corrected chi connectivity index (χ4v) is 2.06. The van der Waals surface area contributed by atoms with E-state index in [0.29, 0.717) is 0 Å². The van der Waals surface area contributed by atoms with E-state index in [2.05, 4.69) is 27.6 Å². The van der Waals surface area contributed by atoms with Gasteiger partial charge >= 0.3 is 0 Å². The second-order valence-corrected chi connectivity index (χ2v) is 4.08. The van der Waals surface area contributed by atoms with Crippen LogP contribution in [-0.2, 0) is 0 Å². The smallest absolute Gasteiger partial charge is 0.161 e. The summed E-state index contributed by atoms with van der Waals surface area (Å²) in [6.07, 6.45) is 1.77. The summed E-state index contributed by atoms with van der Waals surface area (Å²) in [6.45, 7) is 1.59. The fourth-order valence-electron chi connectivity index (χ4n) is 1.41. The number of hydrogen-bond acceptors (Lipinski definition) is 1. The molecular weight excluding hydrogens is 277 g/mol. The quantitative estimate of drug-likeness (QED) is 0.634. The van der Waals surface area contributed by atoms with E-state index in [0.717, 1.165) is 20.0 Å². The zero-order chi connectivity index (χ0) is 9.42. The molecule has 2 nitrogen and oxygen atoms in total. The van der Waals surface area contributed by atoms with Gasteiger partial charge in [0, 0.05) is 20.7 Å². The lowest BCUT2D eigenvalue weighted by Gasteiger charge is -1.94. The Bertz CT molecular complexity index is 473. The van der Waals surface area contributed by atoms with Crippen LogP contribution in [0, 0.1) is 3.57 Å². The van der Waals surface area contributed by atoms with E-state index in [4.69, 9.17) is 0 Å². The maximum atomic E-state index is 11.2. The van der Waals surface area contributed by atoms with E-state index in [1.807, 2.05) is 18.2 Å². The van der Waals surface area contributed by atoms with Crippen LogP contribution in [0.1, 0.15) is 17.3 Å². The zero-order valence-corrected chi connectivity index (χ0v) is 9.25. The van der Waals surface area contributed by atoms with Gasteiger partial charge < -0.3 is 4.98 Å². The van der Waals surface area contributed by atoms with Crippen molar-refractivity contribution in [2.75, 3.05) is 0 Å². The van der Waals surface area contributed by atoms with Crippen LogP contribution >= 0.6 is 22.6 Å². The van der Waals surface area contributed by atoms with E-state index >= 15 is 0 Å². The van der Waals surface area contributed by atoms with Gasteiger partial charge in [-0.15, -0.1) is 0 Å². The van der Waals surface area contributed by atoms with Gasteiger partial charge in [0.05, 0.1) is 5.52 Å². The van der Waals surface area contributed by atoms with Crippen molar-refractivity contribution in [2.24, 2.45) is 0 Å². The molecule has 1 N–H and O–H groups in total. The van der Waals surface area contributed by atoms with Crippen LogP contribution in [0.15, 0.2) is 24.4 Å². The third kappa shape index (κ3) is 1.37. The van der Waals surface area contributed by atoms with Crippen molar-refractivity contribution in [1.29, 1.82) is 0 Å². The largest absolute Gasteiger partial charge is 0.360 e. The van der Waals surface area contributed by atoms with Gasteiger partial charge in [0.2, 0.25) is 0 Å². The van der Waals surface area contributed by atoms with E-state index in [9.17, 15) is 4.79 Å². The van der Waals surface area contributed by atoms with Gasteiger partial charge in [0.25, 0.3) is 0 Å². The highest BCUT2D eigenvalue weighted by Gasteiger charge is 2.08. The maximum absolute atomic E-state index is 11.2. The van der Waals surface area contributed by atoms with Gasteiger partial charge in [-0.05, 0) is 35.6 Å². The average Bonchev–Trinajstić information content (AvgIpc) is 2.48. The van der Waals surface area contributed by atoms with Crippen molar-refractivity contribution in [3.63, 3.8) is 0 Å². The van der Waals surface area contributed by atoms with Crippen LogP contribution in [0.5, 0.6) is 0 Å². The molecule has 66 valence electrons. The van der Waals surface area contributed by atoms with Crippen LogP contribution < -0.4 is 0 Å². The van der Waals surface area contributed by atoms with Crippen molar-refractivity contribution in [1.82, 2.24) is 4.98 Å². The number of halogens is 1. The average molecular weight is 285 g/mol. The lowest BCUT2D eigenvalue weighted by atomic mass is 10.1. The van der Waals surface area contributed by atoms with Gasteiger partial charge in [-0.25, -0.2) is 0 Å². The summed E-state index contributed by atoms with van der Waals surface area (Å²) in [5.41, 5.74) is 1.82. The molecule has 2 aromatic rings. The first-order valence-electron chi connectivity index (χ1n) is 3.96. The first-order valence-corrected chi connectivity index (χ1v) is 5.04. The first-order chi connectivity index (χ1) is 6.20. The number of benzene rings is 1. The van der Waals surface area contributed by atoms with Crippen LogP contribution in [0.4, 0.5) is 0 Å². The Morgan fingerprint density at radius 2 is 2.23 bits per heavy atom. The molecular formula is C10H8INO. The minimum Gasteiger partial charge on any atom is -0.360 e. The minimum absolute atomic E-state index is 0.105. The predicted octanol–water partition coefficient (Wildman–Crippen LogP) is 2.98. The minimum atomic E-state index is 0.105. The molecule has 0 saturated heterocycles. The summed E-state index contributed by atoms with van der Waals surface area (Å²) in [6, 6.07) is 5.94. The highest BCUT2D eigenvalue weighted by atomic mass is 127. The normalized spacial score (nSPS) is 10.6. The van der Waals surface area contributed by atoms with Gasteiger partial charge in [-0.2, -0.15) is 0 Å². The Hall–Kier alpha value is -0.840. The number of fused-ring (bicyclic) bond motifs is 1. The Morgan fingerprint density at radius 3 is 2.92 bits per heavy atom. The third-order valence-electron chi connectivity index (χ3n) is 2.04. The number of para-hydroxylation sites is 1. The number of hydrogen-bond donors (Lipinski definition) is 1. The summed E-state index contributed by atoms with van der Waals surface area (Å²) >= 11 is 2.25. The third-order valence-corrected chi connectivity index (χ3v) is 2.94. The molecule has 1 aromatic heterocycles. The Labute approximate surface area is 89.5 Å². The van der Waals surface area contributed by atoms with E-state index in [1.165, 1.54) is 0 Å². The topological polar surface area (TPSA) is 32.9 Å². The lowest BCUT2D eigenvalue weighted by molar-refractivity contribution is 0.101. The number of aromatic amines is 1. The van der Waals surface area contributed by atoms with Crippen molar-refractivity contribution in [2.45, 2.75) is 6.92 Å². The summed E-state index contributed by atoms with van der Waals surface area (Å²) in [5.74, 6) is 0.105. The van der Waals surface area contributed by atoms with E-state index < -0.39 is 0 Å². The molecule has 0 radical (unpaired) electrons. The maximum Gasteiger partial charge on any atom is 0.161 e. The van der Waals surface area contributed by atoms with Gasteiger partial charge in [-0.3, -0.25) is 4.79 Å². The van der Waals surface area contributed by atoms with Crippen molar-refractivity contribution in [3.05, 3.63) is 33.5 Å². The molecule has 1 heterocycles. The van der Waals surface area contributed by atoms with Gasteiger partial charge in [-0.1, -0.05) is 12.1 Å². The van der Waals surface area contributed by atoms with Crippen LogP contribution in [0.25, 0.3) is 10.9 Å². The van der Waals surface area contributed by atoms with E-state index in [-0.39, 0.29) is 5.78 Å². The molecule has 0 aliphatic carbocycles. The van der Waals surface area contributed by atoms with Crippen molar-refractivity contribution >= 4 is 39.3 Å². The van der Waals surface area contributed by atoms with Crippen molar-refractivity contribution < 1.29 is 4.79 Å². The Balaban J connectivity index is 2.83. The molecule has 3 heteroatoms. The number of nitrogens with one attached hydrogen (secondary N) is 1. The molecule has 13 heavy (non-hydrogen) atoms. The predicted molar refractivity (Wildman–Crippen MR) is 61.0 cm³/mol. The molecule has 1 aromatic carbocycles. The molecule has 0 aliphatic heterocycles. The van der Waals surface area contributed by atoms with E-state index in [1.54, 1.807) is 13.1 Å². The lowest BCUT2D eigenvalue weighted by Crippen LogP contribution is -1.88. The standard InChI is InChI=1S/C10H8INO/c1-6(13)8-5-12-10-7(8)3-2-4-9(10)11/h2-5,12H,1H3. The molecule has 2 rings (SSSR count). The monoisotopic (exact) mass is 285 g/mol. The fraction of sp³-hybridized carbons (Fsp3) is 0.100. The second kappa shape index (κ2) is 3.14. The number of carbonyl (C=O) groups excluding carboxylic acids is 1. The number of ketones is 1. The van der Waals surface area contributed by atoms with Crippen LogP contribution in [0.3, 0.4) is 0 Å². The molecule has 0 spiro atoms. The van der Waals surface area contributed by atoms with Gasteiger partial charge in [0.15, 0.2) is 5.78 Å². The molecule has 0 atom stereocenters. The molecule has 0 fully saturated rings. The summed E-state index contributed by atoms with van der Waals surface area (Å²) in [7, 11) is 0. The molecule has 0 amide bonds. The number of rotatable bonds is 1. The van der Waals surface area contributed by atoms with Crippen LogP contribution in [0.2, 0.25) is 0 Å². The first kappa shape index (κ1) is 8.74. The SMILES string of the molecule is CC(=O)c1c[nH]c2c(I)cccc12. The summed E-state index contributed by atoms with van der Waals surface area (Å²) in [5, 5.41) is 1.01. The zero-order valence-electron chi connectivity index (χ0n) is 7.10. The second-order valence-electron chi connectivity index (χ2n) is 2.92. The number of carbonyl (C=O) groups is 1. The number of Topliss-reactive ketones (excluding diaryl/α,β-unsaturated/α-hetero) is 1. The van der Waals surface area contributed by atoms with Crippen LogP contribution in [-0.4, -0.2) is 10.8 Å². The summed E-state index contributed by atoms with van der Waals surface area (Å²) in [4.78, 5) is 14.3. The van der Waals surface area contributed by atoms with Gasteiger partial charge in [0.1, 0.15) is 0 Å². The number of H-pyrrole nitrogens is 1. The molecule has 0 unspecified atom stereocenters. The Kier molecular flexibility index (Phi) is 2.11. The summed E-state index contributed by atoms with van der Waals surface area (Å²) < 4.78 is 1.14. The Morgan fingerprint density at radius 1 is 1.46 bits per heavy atom. The highest BCUT2D eigenvalue weighted by molar-refractivity contribution is 14.1. The molecule has 0 saturated carbocycles. The highest BCUT2D eigenvalue weighted by Crippen LogP contribution is 2.22. The van der Waals surface area contributed by atoms with Crippen molar-refractivity contribution in [3.8, 4) is 0 Å². The number of aromatic nitrogens is 1. The molecule has 0 bridgehead atoms.